The maximum atomic E-state index is 9.31. The molecule has 2 aliphatic heterocycles. The van der Waals surface area contributed by atoms with Crippen molar-refractivity contribution < 1.29 is 14.6 Å². The Kier molecular flexibility index (Phi) is 3.78. The van der Waals surface area contributed by atoms with Gasteiger partial charge in [-0.2, -0.15) is 0 Å². The van der Waals surface area contributed by atoms with E-state index in [9.17, 15) is 5.11 Å². The summed E-state index contributed by atoms with van der Waals surface area (Å²) < 4.78 is 11.0. The summed E-state index contributed by atoms with van der Waals surface area (Å²) in [6.45, 7) is 7.29. The highest BCUT2D eigenvalue weighted by molar-refractivity contribution is 5.60. The first-order valence-corrected chi connectivity index (χ1v) is 7.09. The Morgan fingerprint density at radius 2 is 2.25 bits per heavy atom. The van der Waals surface area contributed by atoms with E-state index < -0.39 is 0 Å². The summed E-state index contributed by atoms with van der Waals surface area (Å²) in [6.07, 6.45) is 2.16. The van der Waals surface area contributed by atoms with E-state index in [1.165, 1.54) is 0 Å². The van der Waals surface area contributed by atoms with Crippen LogP contribution in [-0.4, -0.2) is 47.9 Å². The van der Waals surface area contributed by atoms with Gasteiger partial charge < -0.3 is 19.5 Å². The Hall–Kier alpha value is -1.75. The summed E-state index contributed by atoms with van der Waals surface area (Å²) in [5, 5.41) is 9.31. The number of ether oxygens (including phenoxy) is 2. The van der Waals surface area contributed by atoms with Crippen LogP contribution in [0, 0.1) is 5.92 Å². The third-order valence-corrected chi connectivity index (χ3v) is 3.86. The smallest absolute Gasteiger partial charge is 0.257 e. The van der Waals surface area contributed by atoms with Gasteiger partial charge in [-0.25, -0.2) is 4.98 Å². The summed E-state index contributed by atoms with van der Waals surface area (Å²) in [5.41, 5.74) is 1.70. The molecule has 0 unspecified atom stereocenters. The molecule has 1 fully saturated rings. The molecule has 0 spiro atoms. The van der Waals surface area contributed by atoms with Gasteiger partial charge in [-0.3, -0.25) is 0 Å². The van der Waals surface area contributed by atoms with Crippen molar-refractivity contribution in [3.63, 3.8) is 0 Å². The first kappa shape index (κ1) is 13.2. The molecule has 1 aromatic rings. The fourth-order valence-corrected chi connectivity index (χ4v) is 2.71. The molecule has 3 heterocycles. The fourth-order valence-electron chi connectivity index (χ4n) is 2.71. The lowest BCUT2D eigenvalue weighted by molar-refractivity contribution is 0.155. The van der Waals surface area contributed by atoms with Gasteiger partial charge in [0.2, 0.25) is 0 Å². The summed E-state index contributed by atoms with van der Waals surface area (Å²) in [6, 6.07) is 3.80. The van der Waals surface area contributed by atoms with Crippen molar-refractivity contribution in [2.75, 3.05) is 32.9 Å². The summed E-state index contributed by atoms with van der Waals surface area (Å²) >= 11 is 0. The molecule has 5 nitrogen and oxygen atoms in total. The van der Waals surface area contributed by atoms with Gasteiger partial charge in [-0.15, -0.1) is 0 Å². The van der Waals surface area contributed by atoms with Crippen molar-refractivity contribution in [2.24, 2.45) is 5.92 Å². The van der Waals surface area contributed by atoms with Crippen LogP contribution in [0.25, 0.3) is 5.70 Å². The van der Waals surface area contributed by atoms with Gasteiger partial charge in [0, 0.05) is 19.7 Å². The molecule has 1 saturated heterocycles. The van der Waals surface area contributed by atoms with Crippen molar-refractivity contribution in [3.8, 4) is 11.6 Å². The van der Waals surface area contributed by atoms with Crippen LogP contribution in [0.3, 0.4) is 0 Å². The molecule has 0 aliphatic carbocycles. The first-order valence-electron chi connectivity index (χ1n) is 7.09. The topological polar surface area (TPSA) is 54.8 Å². The van der Waals surface area contributed by atoms with Crippen molar-refractivity contribution in [2.45, 2.75) is 12.8 Å². The van der Waals surface area contributed by atoms with Crippen LogP contribution < -0.4 is 9.47 Å². The van der Waals surface area contributed by atoms with Gasteiger partial charge in [0.05, 0.1) is 11.4 Å². The zero-order valence-corrected chi connectivity index (χ0v) is 11.5. The second-order valence-corrected chi connectivity index (χ2v) is 5.28. The highest BCUT2D eigenvalue weighted by Crippen LogP contribution is 2.31. The molecule has 0 radical (unpaired) electrons. The van der Waals surface area contributed by atoms with Gasteiger partial charge in [0.15, 0.2) is 5.75 Å². The predicted octanol–water partition coefficient (Wildman–Crippen LogP) is 1.53. The van der Waals surface area contributed by atoms with Crippen LogP contribution in [0.4, 0.5) is 0 Å². The zero-order chi connectivity index (χ0) is 13.9. The third-order valence-electron chi connectivity index (χ3n) is 3.86. The minimum atomic E-state index is 0.234. The van der Waals surface area contributed by atoms with E-state index in [1.54, 1.807) is 0 Å². The number of aromatic nitrogens is 1. The molecule has 3 rings (SSSR count). The van der Waals surface area contributed by atoms with Gasteiger partial charge in [-0.1, -0.05) is 6.58 Å². The van der Waals surface area contributed by atoms with Crippen LogP contribution >= 0.6 is 0 Å². The quantitative estimate of drug-likeness (QED) is 0.907. The Bertz CT molecular complexity index is 504. The molecule has 1 atom stereocenters. The van der Waals surface area contributed by atoms with E-state index >= 15 is 0 Å². The Morgan fingerprint density at radius 1 is 1.40 bits per heavy atom. The average Bonchev–Trinajstić information content (AvgIpc) is 2.53. The van der Waals surface area contributed by atoms with Gasteiger partial charge in [0.25, 0.3) is 5.88 Å². The Morgan fingerprint density at radius 3 is 3.10 bits per heavy atom. The number of pyridine rings is 1. The number of fused-ring (bicyclic) bond motifs is 1. The predicted molar refractivity (Wildman–Crippen MR) is 75.6 cm³/mol. The first-order chi connectivity index (χ1) is 9.78. The van der Waals surface area contributed by atoms with Gasteiger partial charge in [-0.05, 0) is 30.9 Å². The minimum Gasteiger partial charge on any atom is -0.484 e. The van der Waals surface area contributed by atoms with E-state index in [0.717, 1.165) is 37.3 Å². The van der Waals surface area contributed by atoms with Crippen LogP contribution in [0.15, 0.2) is 18.7 Å². The number of likely N-dealkylation sites (tertiary alicyclic amines) is 1. The van der Waals surface area contributed by atoms with Gasteiger partial charge >= 0.3 is 0 Å². The molecule has 0 aromatic carbocycles. The molecule has 20 heavy (non-hydrogen) atoms. The lowest BCUT2D eigenvalue weighted by atomic mass is 9.98. The van der Waals surface area contributed by atoms with Crippen LogP contribution in [0.2, 0.25) is 0 Å². The number of aliphatic hydroxyl groups is 1. The van der Waals surface area contributed by atoms with Crippen molar-refractivity contribution in [3.05, 3.63) is 24.4 Å². The number of hydrogen-bond acceptors (Lipinski definition) is 5. The average molecular weight is 276 g/mol. The molecule has 1 N–H and O–H groups in total. The highest BCUT2D eigenvalue weighted by Gasteiger charge is 2.22. The van der Waals surface area contributed by atoms with Gasteiger partial charge in [0.1, 0.15) is 13.2 Å². The van der Waals surface area contributed by atoms with E-state index in [4.69, 9.17) is 9.47 Å². The second kappa shape index (κ2) is 5.71. The molecule has 2 aliphatic rings. The fraction of sp³-hybridized carbons (Fsp3) is 0.533. The molecule has 0 saturated carbocycles. The highest BCUT2D eigenvalue weighted by atomic mass is 16.6. The van der Waals surface area contributed by atoms with E-state index in [0.29, 0.717) is 30.8 Å². The third kappa shape index (κ3) is 2.58. The molecule has 1 aromatic heterocycles. The number of hydrogen-bond donors (Lipinski definition) is 1. The standard InChI is InChI=1S/C15H20N2O3/c1-11(17-6-2-3-12(9-17)10-18)13-4-5-14-15(16-13)20-8-7-19-14/h4-5,12,18H,1-3,6-10H2/t12-/m0/s1. The molecular formula is C15H20N2O3. The minimum absolute atomic E-state index is 0.234. The largest absolute Gasteiger partial charge is 0.484 e. The zero-order valence-electron chi connectivity index (χ0n) is 11.5. The summed E-state index contributed by atoms with van der Waals surface area (Å²) in [4.78, 5) is 6.69. The number of rotatable bonds is 3. The normalized spacial score (nSPS) is 21.6. The number of aliphatic hydroxyl groups excluding tert-OH is 1. The lowest BCUT2D eigenvalue weighted by Crippen LogP contribution is -2.35. The molecule has 0 bridgehead atoms. The van der Waals surface area contributed by atoms with E-state index in [2.05, 4.69) is 16.5 Å². The summed E-state index contributed by atoms with van der Waals surface area (Å²) in [7, 11) is 0. The monoisotopic (exact) mass is 276 g/mol. The summed E-state index contributed by atoms with van der Waals surface area (Å²) in [5.74, 6) is 1.57. The molecule has 0 amide bonds. The second-order valence-electron chi connectivity index (χ2n) is 5.28. The maximum absolute atomic E-state index is 9.31. The lowest BCUT2D eigenvalue weighted by Gasteiger charge is -2.34. The number of nitrogens with zero attached hydrogens (tertiary/aromatic N) is 2. The number of piperidine rings is 1. The Balaban J connectivity index is 1.76. The van der Waals surface area contributed by atoms with Crippen molar-refractivity contribution in [1.82, 2.24) is 9.88 Å². The van der Waals surface area contributed by atoms with E-state index in [-0.39, 0.29) is 6.61 Å². The van der Waals surface area contributed by atoms with Crippen LogP contribution in [0.1, 0.15) is 18.5 Å². The maximum Gasteiger partial charge on any atom is 0.257 e. The Labute approximate surface area is 118 Å². The molecule has 108 valence electrons. The molecular weight excluding hydrogens is 256 g/mol. The van der Waals surface area contributed by atoms with Crippen LogP contribution in [0.5, 0.6) is 11.6 Å². The molecule has 5 heteroatoms. The van der Waals surface area contributed by atoms with Crippen molar-refractivity contribution in [1.29, 1.82) is 0 Å². The van der Waals surface area contributed by atoms with Crippen LogP contribution in [-0.2, 0) is 0 Å². The van der Waals surface area contributed by atoms with E-state index in [1.807, 2.05) is 12.1 Å². The van der Waals surface area contributed by atoms with Crippen molar-refractivity contribution >= 4 is 5.70 Å². The SMILES string of the molecule is C=C(c1ccc2c(n1)OCCO2)N1CCC[C@H](CO)C1.